The van der Waals surface area contributed by atoms with Crippen molar-refractivity contribution in [3.63, 3.8) is 0 Å². The zero-order valence-electron chi connectivity index (χ0n) is 12.4. The molecule has 0 aromatic carbocycles. The third-order valence-corrected chi connectivity index (χ3v) is 3.29. The first-order valence-electron chi connectivity index (χ1n) is 6.48. The number of nitrogens with one attached hydrogen (secondary N) is 2. The molecule has 9 nitrogen and oxygen atoms in total. The standard InChI is InChI=1S/C12H21N3O6S/c1-6(13)10(18)14-7(3-4-22-2)11(19)15-8(12(20)21)5-9(16)17/h6-8H,3-5,13H2,1-2H3,(H,14,18)(H,15,19)(H,16,17)(H,20,21)/t6-,7-,8-/m0/s1. The maximum absolute atomic E-state index is 12.1. The SMILES string of the molecule is CSCC[C@H](NC(=O)[C@H](C)N)C(=O)N[C@@H](CC(=O)O)C(=O)O. The zero-order valence-corrected chi connectivity index (χ0v) is 13.2. The number of hydrogen-bond acceptors (Lipinski definition) is 6. The summed E-state index contributed by atoms with van der Waals surface area (Å²) in [6.07, 6.45) is 1.33. The summed E-state index contributed by atoms with van der Waals surface area (Å²) in [5.74, 6) is -3.57. The number of hydrogen-bond donors (Lipinski definition) is 5. The molecule has 0 fully saturated rings. The van der Waals surface area contributed by atoms with E-state index in [1.807, 2.05) is 6.26 Å². The smallest absolute Gasteiger partial charge is 0.326 e. The van der Waals surface area contributed by atoms with Crippen molar-refractivity contribution in [2.24, 2.45) is 5.73 Å². The first kappa shape index (κ1) is 20.2. The van der Waals surface area contributed by atoms with Crippen LogP contribution < -0.4 is 16.4 Å². The number of carboxylic acid groups (broad SMARTS) is 2. The molecule has 0 radical (unpaired) electrons. The summed E-state index contributed by atoms with van der Waals surface area (Å²) in [5.41, 5.74) is 5.41. The Labute approximate surface area is 132 Å². The summed E-state index contributed by atoms with van der Waals surface area (Å²) >= 11 is 1.45. The van der Waals surface area contributed by atoms with Crippen LogP contribution >= 0.6 is 11.8 Å². The summed E-state index contributed by atoms with van der Waals surface area (Å²) in [4.78, 5) is 45.2. The van der Waals surface area contributed by atoms with Gasteiger partial charge in [0.15, 0.2) is 0 Å². The highest BCUT2D eigenvalue weighted by Crippen LogP contribution is 2.03. The van der Waals surface area contributed by atoms with Gasteiger partial charge in [-0.1, -0.05) is 0 Å². The molecule has 0 spiro atoms. The average molecular weight is 335 g/mol. The first-order valence-corrected chi connectivity index (χ1v) is 7.88. The maximum atomic E-state index is 12.1. The average Bonchev–Trinajstić information content (AvgIpc) is 2.41. The number of amides is 2. The molecule has 0 heterocycles. The van der Waals surface area contributed by atoms with Gasteiger partial charge in [0.25, 0.3) is 0 Å². The van der Waals surface area contributed by atoms with Crippen LogP contribution in [0.4, 0.5) is 0 Å². The van der Waals surface area contributed by atoms with Gasteiger partial charge < -0.3 is 26.6 Å². The zero-order chi connectivity index (χ0) is 17.3. The highest BCUT2D eigenvalue weighted by Gasteiger charge is 2.28. The van der Waals surface area contributed by atoms with Crippen molar-refractivity contribution in [1.29, 1.82) is 0 Å². The van der Waals surface area contributed by atoms with Gasteiger partial charge in [-0.3, -0.25) is 14.4 Å². The van der Waals surface area contributed by atoms with Gasteiger partial charge in [-0.2, -0.15) is 11.8 Å². The topological polar surface area (TPSA) is 159 Å². The quantitative estimate of drug-likeness (QED) is 0.326. The lowest BCUT2D eigenvalue weighted by atomic mass is 10.1. The van der Waals surface area contributed by atoms with E-state index in [9.17, 15) is 19.2 Å². The molecule has 0 aliphatic carbocycles. The lowest BCUT2D eigenvalue weighted by Gasteiger charge is -2.21. The third-order valence-electron chi connectivity index (χ3n) is 2.65. The van der Waals surface area contributed by atoms with Crippen LogP contribution in [-0.2, 0) is 19.2 Å². The van der Waals surface area contributed by atoms with Crippen molar-refractivity contribution >= 4 is 35.5 Å². The predicted octanol–water partition coefficient (Wildman–Crippen LogP) is -1.38. The Morgan fingerprint density at radius 2 is 1.64 bits per heavy atom. The molecule has 6 N–H and O–H groups in total. The number of aliphatic carboxylic acids is 2. The molecule has 0 bridgehead atoms. The Hall–Kier alpha value is -1.81. The summed E-state index contributed by atoms with van der Waals surface area (Å²) < 4.78 is 0. The van der Waals surface area contributed by atoms with Crippen LogP contribution in [0.1, 0.15) is 19.8 Å². The number of nitrogens with two attached hydrogens (primary N) is 1. The molecule has 0 saturated heterocycles. The Kier molecular flexibility index (Phi) is 9.18. The van der Waals surface area contributed by atoms with Crippen molar-refractivity contribution < 1.29 is 29.4 Å². The molecule has 2 amide bonds. The van der Waals surface area contributed by atoms with Crippen LogP contribution in [0.5, 0.6) is 0 Å². The van der Waals surface area contributed by atoms with Gasteiger partial charge in [-0.25, -0.2) is 4.79 Å². The van der Waals surface area contributed by atoms with Crippen LogP contribution in [-0.4, -0.2) is 64.1 Å². The minimum atomic E-state index is -1.56. The highest BCUT2D eigenvalue weighted by molar-refractivity contribution is 7.98. The highest BCUT2D eigenvalue weighted by atomic mass is 32.2. The molecule has 0 aliphatic rings. The van der Waals surface area contributed by atoms with Crippen molar-refractivity contribution in [3.8, 4) is 0 Å². The van der Waals surface area contributed by atoms with E-state index in [-0.39, 0.29) is 6.42 Å². The third kappa shape index (κ3) is 7.84. The van der Waals surface area contributed by atoms with Crippen LogP contribution in [0.15, 0.2) is 0 Å². The van der Waals surface area contributed by atoms with E-state index in [1.165, 1.54) is 18.7 Å². The van der Waals surface area contributed by atoms with Crippen LogP contribution in [0.3, 0.4) is 0 Å². The Balaban J connectivity index is 4.88. The van der Waals surface area contributed by atoms with Crippen LogP contribution in [0.2, 0.25) is 0 Å². The molecule has 3 atom stereocenters. The fourth-order valence-electron chi connectivity index (χ4n) is 1.45. The number of rotatable bonds is 10. The molecule has 10 heteroatoms. The van der Waals surface area contributed by atoms with Crippen molar-refractivity contribution in [2.45, 2.75) is 37.9 Å². The van der Waals surface area contributed by atoms with E-state index in [2.05, 4.69) is 10.6 Å². The van der Waals surface area contributed by atoms with Crippen LogP contribution in [0.25, 0.3) is 0 Å². The molecule has 0 aromatic rings. The number of carboxylic acids is 2. The van der Waals surface area contributed by atoms with E-state index in [1.54, 1.807) is 0 Å². The summed E-state index contributed by atoms with van der Waals surface area (Å²) in [6.45, 7) is 1.45. The lowest BCUT2D eigenvalue weighted by molar-refractivity contribution is -0.147. The lowest BCUT2D eigenvalue weighted by Crippen LogP contribution is -2.54. The van der Waals surface area contributed by atoms with Gasteiger partial charge in [-0.05, 0) is 25.4 Å². The van der Waals surface area contributed by atoms with Crippen molar-refractivity contribution in [3.05, 3.63) is 0 Å². The normalized spacial score (nSPS) is 14.5. The number of carbonyl (C=O) groups is 4. The van der Waals surface area contributed by atoms with E-state index in [0.717, 1.165) is 0 Å². The van der Waals surface area contributed by atoms with Gasteiger partial charge in [0.2, 0.25) is 11.8 Å². The molecular formula is C12H21N3O6S. The van der Waals surface area contributed by atoms with Crippen molar-refractivity contribution in [2.75, 3.05) is 12.0 Å². The second kappa shape index (κ2) is 10.0. The molecule has 0 aromatic heterocycles. The van der Waals surface area contributed by atoms with Gasteiger partial charge in [-0.15, -0.1) is 0 Å². The Morgan fingerprint density at radius 3 is 2.05 bits per heavy atom. The van der Waals surface area contributed by atoms with Gasteiger partial charge in [0.1, 0.15) is 12.1 Å². The number of thioether (sulfide) groups is 1. The summed E-state index contributed by atoms with van der Waals surface area (Å²) in [5, 5.41) is 22.1. The molecule has 22 heavy (non-hydrogen) atoms. The molecule has 0 unspecified atom stereocenters. The minimum absolute atomic E-state index is 0.269. The van der Waals surface area contributed by atoms with Gasteiger partial charge >= 0.3 is 11.9 Å². The summed E-state index contributed by atoms with van der Waals surface area (Å²) in [7, 11) is 0. The van der Waals surface area contributed by atoms with E-state index >= 15 is 0 Å². The van der Waals surface area contributed by atoms with Crippen molar-refractivity contribution in [1.82, 2.24) is 10.6 Å². The molecule has 0 rings (SSSR count). The second-order valence-electron chi connectivity index (χ2n) is 4.63. The Bertz CT molecular complexity index is 429. The fourth-order valence-corrected chi connectivity index (χ4v) is 1.93. The fraction of sp³-hybridized carbons (Fsp3) is 0.667. The summed E-state index contributed by atoms with van der Waals surface area (Å²) in [6, 6.07) is -3.35. The van der Waals surface area contributed by atoms with Gasteiger partial charge in [0.05, 0.1) is 12.5 Å². The van der Waals surface area contributed by atoms with Crippen LogP contribution in [0, 0.1) is 0 Å². The van der Waals surface area contributed by atoms with E-state index < -0.39 is 48.3 Å². The molecule has 126 valence electrons. The van der Waals surface area contributed by atoms with Gasteiger partial charge in [0, 0.05) is 0 Å². The van der Waals surface area contributed by atoms with E-state index in [4.69, 9.17) is 15.9 Å². The minimum Gasteiger partial charge on any atom is -0.481 e. The molecule has 0 saturated carbocycles. The molecular weight excluding hydrogens is 314 g/mol. The Morgan fingerprint density at radius 1 is 1.09 bits per heavy atom. The van der Waals surface area contributed by atoms with E-state index in [0.29, 0.717) is 5.75 Å². The maximum Gasteiger partial charge on any atom is 0.326 e. The number of carbonyl (C=O) groups excluding carboxylic acids is 2. The second-order valence-corrected chi connectivity index (χ2v) is 5.61. The molecule has 0 aliphatic heterocycles. The monoisotopic (exact) mass is 335 g/mol. The largest absolute Gasteiger partial charge is 0.481 e. The first-order chi connectivity index (χ1) is 10.2. The predicted molar refractivity (Wildman–Crippen MR) is 80.4 cm³/mol.